The number of nitriles is 1. The minimum absolute atomic E-state index is 0.00604. The molecule has 0 saturated carbocycles. The molecule has 2 aromatic carbocycles. The summed E-state index contributed by atoms with van der Waals surface area (Å²) in [7, 11) is 3.04. The van der Waals surface area contributed by atoms with E-state index in [4.69, 9.17) is 14.7 Å². The first kappa shape index (κ1) is 19.7. The summed E-state index contributed by atoms with van der Waals surface area (Å²) < 4.78 is 10.3. The van der Waals surface area contributed by atoms with Crippen molar-refractivity contribution in [3.8, 4) is 17.6 Å². The van der Waals surface area contributed by atoms with Gasteiger partial charge >= 0.3 is 0 Å². The van der Waals surface area contributed by atoms with E-state index in [1.54, 1.807) is 37.4 Å². The molecule has 138 valence electrons. The van der Waals surface area contributed by atoms with Gasteiger partial charge in [0.2, 0.25) is 0 Å². The van der Waals surface area contributed by atoms with Crippen LogP contribution >= 0.6 is 0 Å². The molecule has 0 aliphatic carbocycles. The number of hydrogen-bond acceptors (Lipinski definition) is 5. The number of ether oxygens (including phenoxy) is 2. The predicted octanol–water partition coefficient (Wildman–Crippen LogP) is 2.86. The zero-order chi connectivity index (χ0) is 19.8. The Morgan fingerprint density at radius 2 is 1.81 bits per heavy atom. The molecule has 0 aliphatic rings. The van der Waals surface area contributed by atoms with Gasteiger partial charge in [-0.2, -0.15) is 5.26 Å². The van der Waals surface area contributed by atoms with E-state index in [1.807, 2.05) is 18.2 Å². The second kappa shape index (κ2) is 9.20. The molecule has 2 aromatic rings. The first-order valence-electron chi connectivity index (χ1n) is 8.20. The summed E-state index contributed by atoms with van der Waals surface area (Å²) in [5.74, 6) is 0.288. The summed E-state index contributed by atoms with van der Waals surface area (Å²) >= 11 is 0. The molecular weight excluding hydrogens is 344 g/mol. The molecule has 0 unspecified atom stereocenters. The number of nitrogens with zero attached hydrogens (tertiary/aromatic N) is 1. The topological polar surface area (TPSA) is 88.4 Å². The van der Waals surface area contributed by atoms with Crippen LogP contribution in [0.15, 0.2) is 48.0 Å². The van der Waals surface area contributed by atoms with Gasteiger partial charge in [0.25, 0.3) is 5.91 Å². The van der Waals surface area contributed by atoms with Gasteiger partial charge in [0, 0.05) is 12.1 Å². The van der Waals surface area contributed by atoms with Gasteiger partial charge in [0.15, 0.2) is 5.78 Å². The molecule has 0 radical (unpaired) electrons. The Morgan fingerprint density at radius 3 is 2.37 bits per heavy atom. The van der Waals surface area contributed by atoms with Crippen LogP contribution in [0.25, 0.3) is 6.08 Å². The average molecular weight is 364 g/mol. The highest BCUT2D eigenvalue weighted by atomic mass is 16.5. The van der Waals surface area contributed by atoms with E-state index in [1.165, 1.54) is 20.1 Å². The van der Waals surface area contributed by atoms with Gasteiger partial charge in [-0.3, -0.25) is 9.59 Å². The number of carbonyl (C=O) groups is 2. The molecule has 27 heavy (non-hydrogen) atoms. The molecule has 0 aliphatic heterocycles. The van der Waals surface area contributed by atoms with E-state index >= 15 is 0 Å². The number of benzene rings is 2. The minimum atomic E-state index is -0.482. The summed E-state index contributed by atoms with van der Waals surface area (Å²) in [6.45, 7) is 1.60. The van der Waals surface area contributed by atoms with Crippen LogP contribution in [0.4, 0.5) is 0 Å². The van der Waals surface area contributed by atoms with Gasteiger partial charge in [0.1, 0.15) is 11.5 Å². The summed E-state index contributed by atoms with van der Waals surface area (Å²) in [4.78, 5) is 24.5. The lowest BCUT2D eigenvalue weighted by Gasteiger charge is -2.09. The predicted molar refractivity (Wildman–Crippen MR) is 101 cm³/mol. The Morgan fingerprint density at radius 1 is 1.11 bits per heavy atom. The Bertz CT molecular complexity index is 909. The largest absolute Gasteiger partial charge is 0.497 e. The van der Waals surface area contributed by atoms with Gasteiger partial charge in [-0.1, -0.05) is 12.1 Å². The Hall–Kier alpha value is -3.59. The zero-order valence-electron chi connectivity index (χ0n) is 15.4. The van der Waals surface area contributed by atoms with E-state index in [0.29, 0.717) is 16.9 Å². The van der Waals surface area contributed by atoms with Crippen molar-refractivity contribution >= 4 is 17.8 Å². The van der Waals surface area contributed by atoms with Crippen molar-refractivity contribution < 1.29 is 19.1 Å². The molecule has 6 heteroatoms. The van der Waals surface area contributed by atoms with Gasteiger partial charge in [-0.25, -0.2) is 0 Å². The standard InChI is InChI=1S/C21H20N2O4/c1-14(24)19(11-17-7-4-16(12-22)10-20(17)27-3)21(25)23-13-15-5-8-18(26-2)9-6-15/h4-11H,13H2,1-3H3,(H,23,25). The van der Waals surface area contributed by atoms with Crippen molar-refractivity contribution in [3.05, 3.63) is 64.7 Å². The molecule has 0 spiro atoms. The molecule has 6 nitrogen and oxygen atoms in total. The third-order valence-corrected chi connectivity index (χ3v) is 3.90. The lowest BCUT2D eigenvalue weighted by atomic mass is 10.0. The molecule has 0 aromatic heterocycles. The second-order valence-corrected chi connectivity index (χ2v) is 5.71. The van der Waals surface area contributed by atoms with E-state index in [9.17, 15) is 9.59 Å². The average Bonchev–Trinajstić information content (AvgIpc) is 2.70. The van der Waals surface area contributed by atoms with Crippen molar-refractivity contribution in [2.75, 3.05) is 14.2 Å². The van der Waals surface area contributed by atoms with Gasteiger partial charge < -0.3 is 14.8 Å². The molecule has 2 rings (SSSR count). The smallest absolute Gasteiger partial charge is 0.255 e. The maximum Gasteiger partial charge on any atom is 0.255 e. The number of nitrogens with one attached hydrogen (secondary N) is 1. The Labute approximate surface area is 158 Å². The van der Waals surface area contributed by atoms with Gasteiger partial charge in [-0.05, 0) is 48.9 Å². The minimum Gasteiger partial charge on any atom is -0.497 e. The van der Waals surface area contributed by atoms with Crippen molar-refractivity contribution in [3.63, 3.8) is 0 Å². The molecule has 1 N–H and O–H groups in total. The zero-order valence-corrected chi connectivity index (χ0v) is 15.4. The molecular formula is C21H20N2O4. The van der Waals surface area contributed by atoms with Crippen LogP contribution in [0.1, 0.15) is 23.6 Å². The second-order valence-electron chi connectivity index (χ2n) is 5.71. The molecule has 0 bridgehead atoms. The van der Waals surface area contributed by atoms with E-state index in [-0.39, 0.29) is 17.9 Å². The maximum atomic E-state index is 12.5. The number of amides is 1. The Kier molecular flexibility index (Phi) is 6.73. The van der Waals surface area contributed by atoms with E-state index in [0.717, 1.165) is 11.3 Å². The highest BCUT2D eigenvalue weighted by Crippen LogP contribution is 2.23. The summed E-state index contributed by atoms with van der Waals surface area (Å²) in [5, 5.41) is 11.7. The fraction of sp³-hybridized carbons (Fsp3) is 0.190. The lowest BCUT2D eigenvalue weighted by Crippen LogP contribution is -2.27. The number of methoxy groups -OCH3 is 2. The maximum absolute atomic E-state index is 12.5. The van der Waals surface area contributed by atoms with Crippen LogP contribution in [-0.4, -0.2) is 25.9 Å². The SMILES string of the molecule is COc1ccc(CNC(=O)C(=Cc2ccc(C#N)cc2OC)C(C)=O)cc1. The van der Waals surface area contributed by atoms with Crippen molar-refractivity contribution in [1.82, 2.24) is 5.32 Å². The summed E-state index contributed by atoms with van der Waals surface area (Å²) in [6, 6.07) is 14.1. The highest BCUT2D eigenvalue weighted by Gasteiger charge is 2.15. The number of hydrogen-bond donors (Lipinski definition) is 1. The first-order chi connectivity index (χ1) is 13.0. The van der Waals surface area contributed by atoms with Crippen molar-refractivity contribution in [1.29, 1.82) is 5.26 Å². The van der Waals surface area contributed by atoms with Gasteiger partial charge in [0.05, 0.1) is 31.4 Å². The number of rotatable bonds is 7. The Balaban J connectivity index is 2.20. The van der Waals surface area contributed by atoms with Crippen molar-refractivity contribution in [2.45, 2.75) is 13.5 Å². The highest BCUT2D eigenvalue weighted by molar-refractivity contribution is 6.21. The van der Waals surface area contributed by atoms with Crippen LogP contribution in [0, 0.1) is 11.3 Å². The monoisotopic (exact) mass is 364 g/mol. The van der Waals surface area contributed by atoms with Crippen LogP contribution in [0.5, 0.6) is 11.5 Å². The molecule has 0 fully saturated rings. The molecule has 0 atom stereocenters. The fourth-order valence-corrected chi connectivity index (χ4v) is 2.40. The van der Waals surface area contributed by atoms with E-state index in [2.05, 4.69) is 5.32 Å². The lowest BCUT2D eigenvalue weighted by molar-refractivity contribution is -0.121. The molecule has 1 amide bonds. The van der Waals surface area contributed by atoms with Crippen LogP contribution in [-0.2, 0) is 16.1 Å². The fourth-order valence-electron chi connectivity index (χ4n) is 2.40. The van der Waals surface area contributed by atoms with Crippen LogP contribution < -0.4 is 14.8 Å². The quantitative estimate of drug-likeness (QED) is 0.464. The number of Topliss-reactive ketones (excluding diaryl/α,β-unsaturated/α-hetero) is 1. The molecule has 0 saturated heterocycles. The third kappa shape index (κ3) is 5.19. The summed E-state index contributed by atoms with van der Waals surface area (Å²) in [5.41, 5.74) is 1.85. The van der Waals surface area contributed by atoms with E-state index < -0.39 is 5.91 Å². The summed E-state index contributed by atoms with van der Waals surface area (Å²) in [6.07, 6.45) is 1.46. The first-order valence-corrected chi connectivity index (χ1v) is 8.20. The van der Waals surface area contributed by atoms with Crippen LogP contribution in [0.2, 0.25) is 0 Å². The molecule has 0 heterocycles. The van der Waals surface area contributed by atoms with Gasteiger partial charge in [-0.15, -0.1) is 0 Å². The number of ketones is 1. The van der Waals surface area contributed by atoms with Crippen LogP contribution in [0.3, 0.4) is 0 Å². The number of carbonyl (C=O) groups excluding carboxylic acids is 2. The normalized spacial score (nSPS) is 10.7. The third-order valence-electron chi connectivity index (χ3n) is 3.90. The van der Waals surface area contributed by atoms with Crippen molar-refractivity contribution in [2.24, 2.45) is 0 Å².